The summed E-state index contributed by atoms with van der Waals surface area (Å²) in [7, 11) is 0. The largest absolute Gasteiger partial charge is 0.389 e. The van der Waals surface area contributed by atoms with Crippen LogP contribution in [0.1, 0.15) is 32.1 Å². The summed E-state index contributed by atoms with van der Waals surface area (Å²) in [5, 5.41) is 10.1. The highest BCUT2D eigenvalue weighted by Gasteiger charge is 2.42. The van der Waals surface area contributed by atoms with Crippen molar-refractivity contribution in [1.82, 2.24) is 0 Å². The first-order valence-electron chi connectivity index (χ1n) is 4.71. The third-order valence-electron chi connectivity index (χ3n) is 2.94. The first kappa shape index (κ1) is 8.27. The fourth-order valence-corrected chi connectivity index (χ4v) is 2.45. The molecule has 2 fully saturated rings. The lowest BCUT2D eigenvalue weighted by molar-refractivity contribution is -0.109. The van der Waals surface area contributed by atoms with E-state index in [1.54, 1.807) is 0 Å². The van der Waals surface area contributed by atoms with Gasteiger partial charge in [-0.3, -0.25) is 0 Å². The molecule has 2 unspecified atom stereocenters. The molecule has 0 saturated carbocycles. The molecule has 0 aromatic rings. The minimum Gasteiger partial charge on any atom is -0.389 e. The molecule has 0 radical (unpaired) electrons. The average molecular weight is 168 g/mol. The van der Waals surface area contributed by atoms with E-state index < -0.39 is 5.60 Å². The van der Waals surface area contributed by atoms with Crippen molar-refractivity contribution in [2.45, 2.75) is 49.9 Å². The molecular weight excluding hydrogens is 152 g/mol. The van der Waals surface area contributed by atoms with E-state index in [9.17, 15) is 5.11 Å². The van der Waals surface area contributed by atoms with Crippen molar-refractivity contribution in [3.8, 4) is 0 Å². The summed E-state index contributed by atoms with van der Waals surface area (Å²) < 4.78 is 5.64. The van der Waals surface area contributed by atoms with E-state index in [-0.39, 0.29) is 0 Å². The van der Waals surface area contributed by atoms with Crippen LogP contribution in [0, 0.1) is 0 Å². The summed E-state index contributed by atoms with van der Waals surface area (Å²) in [6.07, 6.45) is 7.01. The van der Waals surface area contributed by atoms with Crippen LogP contribution in [-0.4, -0.2) is 22.9 Å². The van der Waals surface area contributed by atoms with Gasteiger partial charge in [0.2, 0.25) is 0 Å². The maximum Gasteiger partial charge on any atom is 0.0731 e. The lowest BCUT2D eigenvalue weighted by Gasteiger charge is -2.35. The molecule has 0 aliphatic carbocycles. The second-order valence-corrected chi connectivity index (χ2v) is 4.08. The maximum absolute atomic E-state index is 10.1. The third-order valence-corrected chi connectivity index (χ3v) is 2.94. The van der Waals surface area contributed by atoms with Crippen LogP contribution in [0.5, 0.6) is 0 Å². The van der Waals surface area contributed by atoms with Crippen LogP contribution in [0.3, 0.4) is 0 Å². The molecule has 0 amide bonds. The van der Waals surface area contributed by atoms with E-state index in [0.29, 0.717) is 18.6 Å². The van der Waals surface area contributed by atoms with Gasteiger partial charge in [-0.25, -0.2) is 0 Å². The molecule has 2 saturated heterocycles. The molecule has 2 aliphatic heterocycles. The van der Waals surface area contributed by atoms with Crippen LogP contribution in [-0.2, 0) is 4.74 Å². The molecule has 1 N–H and O–H groups in total. The Morgan fingerprint density at radius 2 is 2.00 bits per heavy atom. The van der Waals surface area contributed by atoms with Gasteiger partial charge >= 0.3 is 0 Å². The van der Waals surface area contributed by atoms with E-state index in [2.05, 4.69) is 6.58 Å². The highest BCUT2D eigenvalue weighted by atomic mass is 16.5. The lowest BCUT2D eigenvalue weighted by atomic mass is 9.87. The van der Waals surface area contributed by atoms with E-state index in [4.69, 9.17) is 4.74 Å². The van der Waals surface area contributed by atoms with Crippen LogP contribution >= 0.6 is 0 Å². The fraction of sp³-hybridized carbons (Fsp3) is 0.800. The molecule has 12 heavy (non-hydrogen) atoms. The Kier molecular flexibility index (Phi) is 1.97. The minimum atomic E-state index is -0.508. The number of aliphatic hydroxyl groups is 1. The number of rotatable bonds is 2. The van der Waals surface area contributed by atoms with Crippen LogP contribution < -0.4 is 0 Å². The summed E-state index contributed by atoms with van der Waals surface area (Å²) in [6.45, 7) is 3.67. The van der Waals surface area contributed by atoms with Gasteiger partial charge in [0.15, 0.2) is 0 Å². The van der Waals surface area contributed by atoms with Crippen molar-refractivity contribution in [1.29, 1.82) is 0 Å². The molecular formula is C10H16O2. The Balaban J connectivity index is 2.04. The number of fused-ring (bicyclic) bond motifs is 2. The second-order valence-electron chi connectivity index (χ2n) is 4.08. The van der Waals surface area contributed by atoms with Gasteiger partial charge in [-0.2, -0.15) is 0 Å². The van der Waals surface area contributed by atoms with Gasteiger partial charge in [-0.05, 0) is 19.3 Å². The zero-order chi connectivity index (χ0) is 8.60. The van der Waals surface area contributed by atoms with Gasteiger partial charge in [0.25, 0.3) is 0 Å². The molecule has 0 aromatic carbocycles. The SMILES string of the molecule is C=CCC1(O)CC2CCC(C1)O2. The summed E-state index contributed by atoms with van der Waals surface area (Å²) >= 11 is 0. The number of hydrogen-bond acceptors (Lipinski definition) is 2. The molecule has 0 spiro atoms. The van der Waals surface area contributed by atoms with Gasteiger partial charge in [0.05, 0.1) is 17.8 Å². The first-order valence-corrected chi connectivity index (χ1v) is 4.71. The molecule has 2 rings (SSSR count). The topological polar surface area (TPSA) is 29.5 Å². The van der Waals surface area contributed by atoms with Crippen molar-refractivity contribution in [3.05, 3.63) is 12.7 Å². The Hall–Kier alpha value is -0.340. The van der Waals surface area contributed by atoms with Gasteiger partial charge in [0, 0.05) is 12.8 Å². The quantitative estimate of drug-likeness (QED) is 0.635. The van der Waals surface area contributed by atoms with Gasteiger partial charge in [0.1, 0.15) is 0 Å². The highest BCUT2D eigenvalue weighted by Crippen LogP contribution is 2.39. The Labute approximate surface area is 73.2 Å². The summed E-state index contributed by atoms with van der Waals surface area (Å²) in [6, 6.07) is 0. The normalized spacial score (nSPS) is 46.1. The Bertz CT molecular complexity index is 176. The average Bonchev–Trinajstić information content (AvgIpc) is 2.31. The van der Waals surface area contributed by atoms with Crippen molar-refractivity contribution in [2.75, 3.05) is 0 Å². The van der Waals surface area contributed by atoms with Gasteiger partial charge < -0.3 is 9.84 Å². The van der Waals surface area contributed by atoms with Crippen molar-refractivity contribution in [3.63, 3.8) is 0 Å². The Morgan fingerprint density at radius 1 is 1.42 bits per heavy atom. The standard InChI is InChI=1S/C10H16O2/c1-2-5-10(11)6-8-3-4-9(7-10)12-8/h2,8-9,11H,1,3-7H2. The molecule has 2 aliphatic rings. The first-order chi connectivity index (χ1) is 5.72. The molecule has 2 bridgehead atoms. The monoisotopic (exact) mass is 168 g/mol. The third kappa shape index (κ3) is 1.41. The summed E-state index contributed by atoms with van der Waals surface area (Å²) in [4.78, 5) is 0. The summed E-state index contributed by atoms with van der Waals surface area (Å²) in [5.41, 5.74) is -0.508. The predicted molar refractivity (Wildman–Crippen MR) is 46.9 cm³/mol. The zero-order valence-corrected chi connectivity index (χ0v) is 7.33. The van der Waals surface area contributed by atoms with Gasteiger partial charge in [-0.1, -0.05) is 6.08 Å². The molecule has 2 atom stereocenters. The van der Waals surface area contributed by atoms with Gasteiger partial charge in [-0.15, -0.1) is 6.58 Å². The van der Waals surface area contributed by atoms with E-state index in [0.717, 1.165) is 25.7 Å². The van der Waals surface area contributed by atoms with Crippen LogP contribution in [0.25, 0.3) is 0 Å². The minimum absolute atomic E-state index is 0.314. The smallest absolute Gasteiger partial charge is 0.0731 e. The number of hydrogen-bond donors (Lipinski definition) is 1. The molecule has 2 nitrogen and oxygen atoms in total. The molecule has 2 heteroatoms. The van der Waals surface area contributed by atoms with Crippen molar-refractivity contribution < 1.29 is 9.84 Å². The lowest BCUT2D eigenvalue weighted by Crippen LogP contribution is -2.40. The van der Waals surface area contributed by atoms with Crippen molar-refractivity contribution >= 4 is 0 Å². The van der Waals surface area contributed by atoms with E-state index >= 15 is 0 Å². The molecule has 2 heterocycles. The Morgan fingerprint density at radius 3 is 2.50 bits per heavy atom. The highest BCUT2D eigenvalue weighted by molar-refractivity contribution is 4.97. The van der Waals surface area contributed by atoms with E-state index in [1.807, 2.05) is 6.08 Å². The second kappa shape index (κ2) is 2.86. The van der Waals surface area contributed by atoms with Crippen LogP contribution in [0.15, 0.2) is 12.7 Å². The molecule has 68 valence electrons. The van der Waals surface area contributed by atoms with E-state index in [1.165, 1.54) is 0 Å². The number of ether oxygens (including phenoxy) is 1. The maximum atomic E-state index is 10.1. The summed E-state index contributed by atoms with van der Waals surface area (Å²) in [5.74, 6) is 0. The fourth-order valence-electron chi connectivity index (χ4n) is 2.45. The van der Waals surface area contributed by atoms with Crippen LogP contribution in [0.4, 0.5) is 0 Å². The van der Waals surface area contributed by atoms with Crippen molar-refractivity contribution in [2.24, 2.45) is 0 Å². The predicted octanol–water partition coefficient (Wildman–Crippen LogP) is 1.64. The van der Waals surface area contributed by atoms with Crippen LogP contribution in [0.2, 0.25) is 0 Å². The molecule has 0 aromatic heterocycles. The zero-order valence-electron chi connectivity index (χ0n) is 7.33.